The van der Waals surface area contributed by atoms with Crippen LogP contribution >= 0.6 is 46.6 Å². The van der Waals surface area contributed by atoms with Gasteiger partial charge in [0, 0.05) is 11.8 Å². The zero-order chi connectivity index (χ0) is 7.72. The minimum atomic E-state index is 0.117. The molecule has 0 bridgehead atoms. The molecule has 0 atom stereocenters. The minimum Gasteiger partial charge on any atom is -0.213 e. The van der Waals surface area contributed by atoms with Gasteiger partial charge in [-0.05, 0) is 0 Å². The Hall–Kier alpha value is 0.240. The van der Waals surface area contributed by atoms with Crippen LogP contribution in [0.25, 0.3) is 0 Å². The fourth-order valence-electron chi connectivity index (χ4n) is 0.436. The summed E-state index contributed by atoms with van der Waals surface area (Å²) in [5, 5.41) is 0.482. The molecule has 0 saturated carbocycles. The van der Waals surface area contributed by atoms with Crippen LogP contribution in [0.1, 0.15) is 0 Å². The van der Waals surface area contributed by atoms with Crippen LogP contribution in [0, 0.1) is 0 Å². The van der Waals surface area contributed by atoms with Crippen molar-refractivity contribution in [2.45, 2.75) is 0 Å². The lowest BCUT2D eigenvalue weighted by molar-refractivity contribution is 1.68. The summed E-state index contributed by atoms with van der Waals surface area (Å²) in [6.45, 7) is 0. The SMILES string of the molecule is ClN=C1N=C(Cl)C(Cl)=C1Cl. The molecule has 0 N–H and O–H groups in total. The molecule has 0 aromatic rings. The highest BCUT2D eigenvalue weighted by Gasteiger charge is 2.20. The monoisotopic (exact) mass is 216 g/mol. The van der Waals surface area contributed by atoms with Crippen molar-refractivity contribution < 1.29 is 0 Å². The molecular formula is C4Cl4N2. The molecular weight excluding hydrogens is 218 g/mol. The van der Waals surface area contributed by atoms with Crippen molar-refractivity contribution in [2.75, 3.05) is 0 Å². The quantitative estimate of drug-likeness (QED) is 0.597. The molecule has 0 aromatic carbocycles. The molecule has 0 amide bonds. The summed E-state index contributed by atoms with van der Waals surface area (Å²) in [7, 11) is 0. The zero-order valence-electron chi connectivity index (χ0n) is 4.41. The topological polar surface area (TPSA) is 24.7 Å². The number of halogens is 4. The third-order valence-corrected chi connectivity index (χ3v) is 2.21. The minimum absolute atomic E-state index is 0.117. The van der Waals surface area contributed by atoms with E-state index in [0.717, 1.165) is 0 Å². The largest absolute Gasteiger partial charge is 0.213 e. The van der Waals surface area contributed by atoms with Gasteiger partial charge >= 0.3 is 0 Å². The summed E-state index contributed by atoms with van der Waals surface area (Å²) in [6.07, 6.45) is 0. The molecule has 1 aliphatic rings. The number of amidine groups is 1. The predicted molar refractivity (Wildman–Crippen MR) is 45.3 cm³/mol. The van der Waals surface area contributed by atoms with Crippen LogP contribution in [-0.2, 0) is 0 Å². The Balaban J connectivity index is 3.12. The lowest BCUT2D eigenvalue weighted by atomic mass is 10.5. The number of hydrogen-bond donors (Lipinski definition) is 0. The first kappa shape index (κ1) is 8.34. The molecule has 1 rings (SSSR count). The number of hydrogen-bond acceptors (Lipinski definition) is 1. The van der Waals surface area contributed by atoms with E-state index in [-0.39, 0.29) is 21.1 Å². The van der Waals surface area contributed by atoms with Crippen LogP contribution in [0.15, 0.2) is 19.6 Å². The van der Waals surface area contributed by atoms with Gasteiger partial charge in [-0.3, -0.25) is 0 Å². The summed E-state index contributed by atoms with van der Waals surface area (Å²) < 4.78 is 3.21. The standard InChI is InChI=1S/C4Cl4N2/c5-1-2(6)4(10-8)9-3(1)7. The molecule has 0 unspecified atom stereocenters. The van der Waals surface area contributed by atoms with E-state index in [1.54, 1.807) is 0 Å². The van der Waals surface area contributed by atoms with E-state index < -0.39 is 0 Å². The molecule has 1 heterocycles. The molecule has 0 fully saturated rings. The van der Waals surface area contributed by atoms with Crippen molar-refractivity contribution in [3.05, 3.63) is 10.1 Å². The maximum Gasteiger partial charge on any atom is 0.188 e. The normalized spacial score (nSPS) is 22.4. The average Bonchev–Trinajstić information content (AvgIpc) is 2.17. The van der Waals surface area contributed by atoms with Gasteiger partial charge in [0.15, 0.2) is 11.0 Å². The van der Waals surface area contributed by atoms with Crippen LogP contribution in [0.2, 0.25) is 0 Å². The Morgan fingerprint density at radius 1 is 1.10 bits per heavy atom. The third kappa shape index (κ3) is 1.30. The molecule has 0 radical (unpaired) electrons. The van der Waals surface area contributed by atoms with Gasteiger partial charge in [-0.2, -0.15) is 4.51 Å². The highest BCUT2D eigenvalue weighted by Crippen LogP contribution is 2.26. The number of rotatable bonds is 0. The zero-order valence-corrected chi connectivity index (χ0v) is 7.43. The van der Waals surface area contributed by atoms with Gasteiger partial charge in [0.1, 0.15) is 10.1 Å². The highest BCUT2D eigenvalue weighted by molar-refractivity contribution is 6.80. The highest BCUT2D eigenvalue weighted by atomic mass is 35.5. The molecule has 0 aliphatic carbocycles. The molecule has 1 aliphatic heterocycles. The summed E-state index contributed by atoms with van der Waals surface area (Å²) in [6, 6.07) is 0. The Morgan fingerprint density at radius 3 is 1.90 bits per heavy atom. The van der Waals surface area contributed by atoms with E-state index in [0.29, 0.717) is 0 Å². The maximum atomic E-state index is 5.56. The Bertz CT molecular complexity index is 252. The second-order valence-corrected chi connectivity index (χ2v) is 2.72. The molecule has 2 nitrogen and oxygen atoms in total. The molecule has 54 valence electrons. The lowest BCUT2D eigenvalue weighted by Crippen LogP contribution is -1.85. The van der Waals surface area contributed by atoms with E-state index in [1.807, 2.05) is 0 Å². The summed E-state index contributed by atoms with van der Waals surface area (Å²) in [5.41, 5.74) is 0. The van der Waals surface area contributed by atoms with Crippen molar-refractivity contribution >= 4 is 57.6 Å². The smallest absolute Gasteiger partial charge is 0.188 e. The van der Waals surface area contributed by atoms with E-state index in [2.05, 4.69) is 9.50 Å². The van der Waals surface area contributed by atoms with Gasteiger partial charge < -0.3 is 0 Å². The second-order valence-electron chi connectivity index (χ2n) is 1.44. The van der Waals surface area contributed by atoms with Gasteiger partial charge in [0.2, 0.25) is 0 Å². The van der Waals surface area contributed by atoms with Gasteiger partial charge in [-0.25, -0.2) is 4.99 Å². The summed E-state index contributed by atoms with van der Waals surface area (Å²) >= 11 is 21.6. The number of nitrogens with zero attached hydrogens (tertiary/aromatic N) is 2. The molecule has 0 saturated heterocycles. The van der Waals surface area contributed by atoms with E-state index in [4.69, 9.17) is 46.6 Å². The maximum absolute atomic E-state index is 5.56. The first-order valence-corrected chi connectivity index (χ1v) is 3.63. The molecule has 6 heteroatoms. The number of allylic oxidation sites excluding steroid dienone is 1. The first-order chi connectivity index (χ1) is 4.66. The molecule has 0 spiro atoms. The summed E-state index contributed by atoms with van der Waals surface area (Å²) in [4.78, 5) is 3.63. The van der Waals surface area contributed by atoms with Crippen molar-refractivity contribution in [1.82, 2.24) is 0 Å². The van der Waals surface area contributed by atoms with E-state index in [1.165, 1.54) is 0 Å². The van der Waals surface area contributed by atoms with Gasteiger partial charge in [-0.1, -0.05) is 34.8 Å². The van der Waals surface area contributed by atoms with Crippen molar-refractivity contribution in [3.8, 4) is 0 Å². The molecule has 0 aromatic heterocycles. The predicted octanol–water partition coefficient (Wildman–Crippen LogP) is 2.88. The molecule has 10 heavy (non-hydrogen) atoms. The lowest BCUT2D eigenvalue weighted by Gasteiger charge is -1.85. The van der Waals surface area contributed by atoms with E-state index in [9.17, 15) is 0 Å². The van der Waals surface area contributed by atoms with Crippen molar-refractivity contribution in [3.63, 3.8) is 0 Å². The van der Waals surface area contributed by atoms with Crippen LogP contribution in [0.4, 0.5) is 0 Å². The number of aliphatic imine (C=N–C) groups is 1. The van der Waals surface area contributed by atoms with Gasteiger partial charge in [0.05, 0.1) is 0 Å². The van der Waals surface area contributed by atoms with Crippen molar-refractivity contribution in [2.24, 2.45) is 9.50 Å². The van der Waals surface area contributed by atoms with Crippen molar-refractivity contribution in [1.29, 1.82) is 0 Å². The van der Waals surface area contributed by atoms with Gasteiger partial charge in [-0.15, -0.1) is 0 Å². The first-order valence-electron chi connectivity index (χ1n) is 2.16. The van der Waals surface area contributed by atoms with Crippen LogP contribution in [0.3, 0.4) is 0 Å². The fourth-order valence-corrected chi connectivity index (χ4v) is 1.13. The van der Waals surface area contributed by atoms with Crippen LogP contribution < -0.4 is 0 Å². The second kappa shape index (κ2) is 3.09. The van der Waals surface area contributed by atoms with Crippen LogP contribution in [-0.4, -0.2) is 11.0 Å². The van der Waals surface area contributed by atoms with Crippen LogP contribution in [0.5, 0.6) is 0 Å². The fraction of sp³-hybridized carbons (Fsp3) is 0. The van der Waals surface area contributed by atoms with E-state index >= 15 is 0 Å². The van der Waals surface area contributed by atoms with Gasteiger partial charge in [0.25, 0.3) is 0 Å². The Morgan fingerprint density at radius 2 is 1.70 bits per heavy atom. The Kier molecular flexibility index (Phi) is 2.58. The Labute approximate surface area is 77.3 Å². The summed E-state index contributed by atoms with van der Waals surface area (Å²) in [5.74, 6) is 0.151. The third-order valence-electron chi connectivity index (χ3n) is 0.854. The average molecular weight is 218 g/mol.